The number of hydrogen-bond donors (Lipinski definition) is 1. The van der Waals surface area contributed by atoms with Gasteiger partial charge in [0.15, 0.2) is 0 Å². The van der Waals surface area contributed by atoms with E-state index >= 15 is 0 Å². The number of nitrogens with two attached hydrogens (primary N) is 1. The average Bonchev–Trinajstić information content (AvgIpc) is 2.54. The minimum Gasteiger partial charge on any atom is -0.399 e. The Hall–Kier alpha value is -2.87. The molecule has 0 aliphatic rings. The quantitative estimate of drug-likeness (QED) is 0.404. The van der Waals surface area contributed by atoms with Crippen molar-refractivity contribution in [1.29, 1.82) is 0 Å². The van der Waals surface area contributed by atoms with Gasteiger partial charge in [0, 0.05) is 22.7 Å². The Labute approximate surface area is 122 Å². The highest BCUT2D eigenvalue weighted by Gasteiger charge is 2.04. The van der Waals surface area contributed by atoms with Crippen LogP contribution in [-0.4, -0.2) is 4.98 Å². The number of aromatic nitrogens is 1. The zero-order valence-corrected chi connectivity index (χ0v) is 11.5. The molecule has 2 heteroatoms. The molecule has 0 saturated carbocycles. The predicted octanol–water partition coefficient (Wildman–Crippen LogP) is 4.64. The predicted molar refractivity (Wildman–Crippen MR) is 89.1 cm³/mol. The molecule has 0 radical (unpaired) electrons. The van der Waals surface area contributed by atoms with Crippen LogP contribution in [0.5, 0.6) is 0 Å². The number of hydrogen-bond acceptors (Lipinski definition) is 2. The maximum Gasteiger partial charge on any atom is 0.0728 e. The molecule has 1 aromatic heterocycles. The Balaban J connectivity index is 2.03. The Morgan fingerprint density at radius 2 is 1.57 bits per heavy atom. The van der Waals surface area contributed by atoms with Gasteiger partial charge in [0.1, 0.15) is 0 Å². The van der Waals surface area contributed by atoms with Crippen LogP contribution in [0.4, 0.5) is 5.69 Å². The molecule has 2 N–H and O–H groups in total. The molecule has 0 aliphatic heterocycles. The number of benzene rings is 3. The second kappa shape index (κ2) is 4.60. The van der Waals surface area contributed by atoms with Gasteiger partial charge >= 0.3 is 0 Å². The van der Waals surface area contributed by atoms with E-state index in [-0.39, 0.29) is 0 Å². The Morgan fingerprint density at radius 3 is 2.43 bits per heavy atom. The first kappa shape index (κ1) is 11.9. The fourth-order valence-corrected chi connectivity index (χ4v) is 2.73. The molecule has 4 rings (SSSR count). The summed E-state index contributed by atoms with van der Waals surface area (Å²) in [7, 11) is 0. The minimum atomic E-state index is 0.744. The Bertz CT molecular complexity index is 943. The van der Waals surface area contributed by atoms with E-state index in [1.807, 2.05) is 24.4 Å². The van der Waals surface area contributed by atoms with Gasteiger partial charge < -0.3 is 5.73 Å². The highest BCUT2D eigenvalue weighted by molar-refractivity contribution is 6.07. The summed E-state index contributed by atoms with van der Waals surface area (Å²) in [5.74, 6) is 0. The van der Waals surface area contributed by atoms with Crippen LogP contribution in [0.15, 0.2) is 72.9 Å². The van der Waals surface area contributed by atoms with Crippen molar-refractivity contribution >= 4 is 27.4 Å². The van der Waals surface area contributed by atoms with Gasteiger partial charge in [0.05, 0.1) is 5.52 Å². The molecule has 0 atom stereocenters. The highest BCUT2D eigenvalue weighted by Crippen LogP contribution is 2.29. The average molecular weight is 270 g/mol. The summed E-state index contributed by atoms with van der Waals surface area (Å²) in [5.41, 5.74) is 9.97. The fourth-order valence-electron chi connectivity index (χ4n) is 2.73. The zero-order valence-electron chi connectivity index (χ0n) is 11.5. The molecule has 21 heavy (non-hydrogen) atoms. The smallest absolute Gasteiger partial charge is 0.0728 e. The third-order valence-electron chi connectivity index (χ3n) is 3.82. The molecular weight excluding hydrogens is 256 g/mol. The maximum absolute atomic E-state index is 5.85. The molecule has 0 spiro atoms. The van der Waals surface area contributed by atoms with Gasteiger partial charge in [-0.2, -0.15) is 0 Å². The Kier molecular flexibility index (Phi) is 2.61. The lowest BCUT2D eigenvalue weighted by atomic mass is 9.99. The van der Waals surface area contributed by atoms with Crippen LogP contribution in [0.2, 0.25) is 0 Å². The summed E-state index contributed by atoms with van der Waals surface area (Å²) < 4.78 is 0. The maximum atomic E-state index is 5.85. The summed E-state index contributed by atoms with van der Waals surface area (Å²) in [4.78, 5) is 4.49. The number of fused-ring (bicyclic) bond motifs is 3. The zero-order chi connectivity index (χ0) is 14.2. The van der Waals surface area contributed by atoms with Crippen molar-refractivity contribution in [2.45, 2.75) is 0 Å². The normalized spacial score (nSPS) is 11.0. The lowest BCUT2D eigenvalue weighted by molar-refractivity contribution is 1.44. The van der Waals surface area contributed by atoms with Crippen LogP contribution < -0.4 is 5.73 Å². The van der Waals surface area contributed by atoms with Crippen molar-refractivity contribution in [3.05, 3.63) is 72.9 Å². The van der Waals surface area contributed by atoms with E-state index in [4.69, 9.17) is 5.73 Å². The number of anilines is 1. The van der Waals surface area contributed by atoms with Crippen molar-refractivity contribution in [1.82, 2.24) is 4.98 Å². The van der Waals surface area contributed by atoms with Crippen molar-refractivity contribution < 1.29 is 0 Å². The molecule has 4 aromatic rings. The van der Waals surface area contributed by atoms with E-state index in [1.165, 1.54) is 16.5 Å². The van der Waals surface area contributed by atoms with Gasteiger partial charge in [-0.25, -0.2) is 0 Å². The topological polar surface area (TPSA) is 38.9 Å². The van der Waals surface area contributed by atoms with E-state index in [0.29, 0.717) is 0 Å². The van der Waals surface area contributed by atoms with Crippen molar-refractivity contribution in [2.24, 2.45) is 0 Å². The lowest BCUT2D eigenvalue weighted by Crippen LogP contribution is -1.87. The summed E-state index contributed by atoms with van der Waals surface area (Å²) in [6.45, 7) is 0. The molecule has 0 fully saturated rings. The van der Waals surface area contributed by atoms with Crippen LogP contribution in [0.25, 0.3) is 32.8 Å². The second-order valence-electron chi connectivity index (χ2n) is 5.20. The summed E-state index contributed by atoms with van der Waals surface area (Å²) in [6, 6.07) is 22.8. The van der Waals surface area contributed by atoms with E-state index in [2.05, 4.69) is 53.5 Å². The molecule has 100 valence electrons. The second-order valence-corrected chi connectivity index (χ2v) is 5.20. The minimum absolute atomic E-state index is 0.744. The van der Waals surface area contributed by atoms with E-state index in [0.717, 1.165) is 22.0 Å². The fraction of sp³-hybridized carbons (Fsp3) is 0. The summed E-state index contributed by atoms with van der Waals surface area (Å²) in [6.07, 6.45) is 1.91. The van der Waals surface area contributed by atoms with E-state index in [9.17, 15) is 0 Å². The van der Waals surface area contributed by atoms with Crippen molar-refractivity contribution in [2.75, 3.05) is 5.73 Å². The highest BCUT2D eigenvalue weighted by atomic mass is 14.7. The molecule has 0 amide bonds. The van der Waals surface area contributed by atoms with Crippen LogP contribution in [0, 0.1) is 0 Å². The summed E-state index contributed by atoms with van der Waals surface area (Å²) >= 11 is 0. The van der Waals surface area contributed by atoms with E-state index in [1.54, 1.807) is 0 Å². The standard InChI is InChI=1S/C19H14N2/c20-16-8-9-17-18-10-14(13-4-2-1-3-5-13)6-7-15(18)12-21-19(17)11-16/h1-12H,20H2. The molecule has 0 aliphatic carbocycles. The molecule has 1 heterocycles. The van der Waals surface area contributed by atoms with Crippen LogP contribution in [0.1, 0.15) is 0 Å². The van der Waals surface area contributed by atoms with E-state index < -0.39 is 0 Å². The molecule has 3 aromatic carbocycles. The number of rotatable bonds is 1. The molecule has 2 nitrogen and oxygen atoms in total. The first-order valence-electron chi connectivity index (χ1n) is 6.95. The van der Waals surface area contributed by atoms with Gasteiger partial charge in [-0.05, 0) is 34.7 Å². The van der Waals surface area contributed by atoms with Gasteiger partial charge in [-0.15, -0.1) is 0 Å². The SMILES string of the molecule is Nc1ccc2c(c1)ncc1ccc(-c3ccccc3)cc12. The van der Waals surface area contributed by atoms with Gasteiger partial charge in [-0.3, -0.25) is 4.98 Å². The number of nitrogens with zero attached hydrogens (tertiary/aromatic N) is 1. The summed E-state index contributed by atoms with van der Waals surface area (Å²) in [5, 5.41) is 3.49. The van der Waals surface area contributed by atoms with Crippen LogP contribution in [0.3, 0.4) is 0 Å². The number of nitrogen functional groups attached to an aromatic ring is 1. The van der Waals surface area contributed by atoms with Crippen molar-refractivity contribution in [3.8, 4) is 11.1 Å². The Morgan fingerprint density at radius 1 is 0.714 bits per heavy atom. The molecule has 0 bridgehead atoms. The molecular formula is C19H14N2. The third-order valence-corrected chi connectivity index (χ3v) is 3.82. The molecule has 0 saturated heterocycles. The monoisotopic (exact) mass is 270 g/mol. The van der Waals surface area contributed by atoms with Crippen LogP contribution >= 0.6 is 0 Å². The molecule has 0 unspecified atom stereocenters. The van der Waals surface area contributed by atoms with Gasteiger partial charge in [-0.1, -0.05) is 48.5 Å². The van der Waals surface area contributed by atoms with Crippen molar-refractivity contribution in [3.63, 3.8) is 0 Å². The largest absolute Gasteiger partial charge is 0.399 e. The van der Waals surface area contributed by atoms with Gasteiger partial charge in [0.25, 0.3) is 0 Å². The number of pyridine rings is 1. The third kappa shape index (κ3) is 2.01. The van der Waals surface area contributed by atoms with Crippen LogP contribution in [-0.2, 0) is 0 Å². The first-order chi connectivity index (χ1) is 10.3. The lowest BCUT2D eigenvalue weighted by Gasteiger charge is -2.07. The van der Waals surface area contributed by atoms with Gasteiger partial charge in [0.2, 0.25) is 0 Å². The first-order valence-corrected chi connectivity index (χ1v) is 6.95.